The average molecular weight is 445 g/mol. The summed E-state index contributed by atoms with van der Waals surface area (Å²) in [4.78, 5) is 20.0. The number of halogens is 1. The van der Waals surface area contributed by atoms with Crippen LogP contribution in [0.2, 0.25) is 5.15 Å². The first-order valence-electron chi connectivity index (χ1n) is 10.3. The molecule has 0 spiro atoms. The van der Waals surface area contributed by atoms with Crippen molar-refractivity contribution in [1.82, 2.24) is 19.9 Å². The number of pyridine rings is 1. The van der Waals surface area contributed by atoms with Crippen molar-refractivity contribution in [1.29, 1.82) is 0 Å². The van der Waals surface area contributed by atoms with Crippen molar-refractivity contribution in [2.24, 2.45) is 0 Å². The second-order valence-corrected chi connectivity index (χ2v) is 7.94. The van der Waals surface area contributed by atoms with E-state index in [9.17, 15) is 4.79 Å². The third-order valence-corrected chi connectivity index (χ3v) is 5.65. The quantitative estimate of drug-likeness (QED) is 0.358. The molecular formula is C25H21ClN4O2. The summed E-state index contributed by atoms with van der Waals surface area (Å²) < 4.78 is 7.64. The van der Waals surface area contributed by atoms with Crippen molar-refractivity contribution in [3.8, 4) is 11.5 Å². The Morgan fingerprint density at radius 3 is 2.31 bits per heavy atom. The standard InChI is InChI=1S/C25H21ClN4O2/c1-27-14-16-6-10-18(11-7-16)32-19-12-8-17(9-13-19)15-30-23-20-4-2-3-5-21(20)28-24(26)22(23)29-25(30)31/h2-13,27H,14-15H2,1H3,(H,29,31). The van der Waals surface area contributed by atoms with Crippen LogP contribution in [-0.2, 0) is 13.1 Å². The molecule has 0 aliphatic heterocycles. The van der Waals surface area contributed by atoms with Gasteiger partial charge in [-0.1, -0.05) is 54.1 Å². The van der Waals surface area contributed by atoms with E-state index in [-0.39, 0.29) is 5.69 Å². The molecule has 2 aromatic heterocycles. The van der Waals surface area contributed by atoms with Gasteiger partial charge in [-0.2, -0.15) is 0 Å². The van der Waals surface area contributed by atoms with E-state index < -0.39 is 0 Å². The molecule has 5 rings (SSSR count). The van der Waals surface area contributed by atoms with E-state index in [4.69, 9.17) is 16.3 Å². The number of fused-ring (bicyclic) bond motifs is 3. The Hall–Kier alpha value is -3.61. The molecule has 0 atom stereocenters. The van der Waals surface area contributed by atoms with Gasteiger partial charge in [0.1, 0.15) is 17.0 Å². The number of hydrogen-bond acceptors (Lipinski definition) is 4. The van der Waals surface area contributed by atoms with Gasteiger partial charge in [0.25, 0.3) is 0 Å². The van der Waals surface area contributed by atoms with Crippen molar-refractivity contribution in [2.45, 2.75) is 13.1 Å². The number of H-pyrrole nitrogens is 1. The topological polar surface area (TPSA) is 71.9 Å². The normalized spacial score (nSPS) is 11.3. The number of para-hydroxylation sites is 1. The minimum absolute atomic E-state index is 0.220. The van der Waals surface area contributed by atoms with Gasteiger partial charge in [0.2, 0.25) is 0 Å². The maximum absolute atomic E-state index is 12.7. The molecule has 6 nitrogen and oxygen atoms in total. The lowest BCUT2D eigenvalue weighted by Gasteiger charge is -2.09. The third-order valence-electron chi connectivity index (χ3n) is 5.37. The highest BCUT2D eigenvalue weighted by Gasteiger charge is 2.15. The van der Waals surface area contributed by atoms with E-state index in [2.05, 4.69) is 15.3 Å². The minimum atomic E-state index is -0.220. The van der Waals surface area contributed by atoms with Crippen LogP contribution in [0.25, 0.3) is 21.9 Å². The van der Waals surface area contributed by atoms with E-state index in [0.717, 1.165) is 40.0 Å². The number of ether oxygens (including phenoxy) is 1. The average Bonchev–Trinajstić information content (AvgIpc) is 3.13. The summed E-state index contributed by atoms with van der Waals surface area (Å²) in [6, 6.07) is 23.4. The van der Waals surface area contributed by atoms with Crippen LogP contribution in [0, 0.1) is 0 Å². The maximum Gasteiger partial charge on any atom is 0.326 e. The van der Waals surface area contributed by atoms with E-state index in [1.807, 2.05) is 79.8 Å². The van der Waals surface area contributed by atoms with E-state index >= 15 is 0 Å². The zero-order valence-corrected chi connectivity index (χ0v) is 18.2. The van der Waals surface area contributed by atoms with Crippen molar-refractivity contribution in [3.63, 3.8) is 0 Å². The molecule has 0 unspecified atom stereocenters. The van der Waals surface area contributed by atoms with Crippen LogP contribution < -0.4 is 15.7 Å². The van der Waals surface area contributed by atoms with Gasteiger partial charge < -0.3 is 15.0 Å². The number of aromatic amines is 1. The lowest BCUT2D eigenvalue weighted by molar-refractivity contribution is 0.482. The lowest BCUT2D eigenvalue weighted by Crippen LogP contribution is -2.17. The Bertz CT molecular complexity index is 1450. The Balaban J connectivity index is 1.42. The lowest BCUT2D eigenvalue weighted by atomic mass is 10.1. The largest absolute Gasteiger partial charge is 0.457 e. The summed E-state index contributed by atoms with van der Waals surface area (Å²) in [5.74, 6) is 1.51. The maximum atomic E-state index is 12.7. The molecule has 5 aromatic rings. The van der Waals surface area contributed by atoms with Gasteiger partial charge in [-0.25, -0.2) is 9.78 Å². The summed E-state index contributed by atoms with van der Waals surface area (Å²) in [6.07, 6.45) is 0. The molecule has 0 aliphatic rings. The second kappa shape index (κ2) is 8.49. The zero-order chi connectivity index (χ0) is 22.1. The van der Waals surface area contributed by atoms with Crippen LogP contribution in [0.4, 0.5) is 0 Å². The monoisotopic (exact) mass is 444 g/mol. The van der Waals surface area contributed by atoms with Gasteiger partial charge in [0.05, 0.1) is 17.6 Å². The van der Waals surface area contributed by atoms with Gasteiger partial charge in [0, 0.05) is 11.9 Å². The fourth-order valence-corrected chi connectivity index (χ4v) is 4.07. The Labute approximate surface area is 189 Å². The number of nitrogens with zero attached hydrogens (tertiary/aromatic N) is 2. The number of rotatable bonds is 6. The Morgan fingerprint density at radius 2 is 1.62 bits per heavy atom. The molecule has 0 bridgehead atoms. The fraction of sp³-hybridized carbons (Fsp3) is 0.120. The molecule has 160 valence electrons. The van der Waals surface area contributed by atoms with Gasteiger partial charge >= 0.3 is 5.69 Å². The first-order chi connectivity index (χ1) is 15.6. The summed E-state index contributed by atoms with van der Waals surface area (Å²) in [6.45, 7) is 1.22. The summed E-state index contributed by atoms with van der Waals surface area (Å²) in [5, 5.41) is 4.30. The first kappa shape index (κ1) is 20.3. The smallest absolute Gasteiger partial charge is 0.326 e. The molecule has 3 aromatic carbocycles. The highest BCUT2D eigenvalue weighted by atomic mass is 35.5. The predicted molar refractivity (Wildman–Crippen MR) is 128 cm³/mol. The van der Waals surface area contributed by atoms with E-state index in [0.29, 0.717) is 17.2 Å². The third kappa shape index (κ3) is 3.86. The molecule has 0 saturated heterocycles. The molecule has 0 amide bonds. The van der Waals surface area contributed by atoms with Crippen molar-refractivity contribution in [3.05, 3.63) is 99.6 Å². The van der Waals surface area contributed by atoms with Gasteiger partial charge in [0.15, 0.2) is 5.15 Å². The zero-order valence-electron chi connectivity index (χ0n) is 17.4. The highest BCUT2D eigenvalue weighted by Crippen LogP contribution is 2.28. The second-order valence-electron chi connectivity index (χ2n) is 7.58. The molecule has 0 saturated carbocycles. The fourth-order valence-electron chi connectivity index (χ4n) is 3.84. The molecule has 2 heterocycles. The first-order valence-corrected chi connectivity index (χ1v) is 10.7. The van der Waals surface area contributed by atoms with Gasteiger partial charge in [-0.3, -0.25) is 4.57 Å². The van der Waals surface area contributed by atoms with Crippen LogP contribution >= 0.6 is 11.6 Å². The molecule has 7 heteroatoms. The molecule has 32 heavy (non-hydrogen) atoms. The van der Waals surface area contributed by atoms with Crippen molar-refractivity contribution >= 4 is 33.5 Å². The summed E-state index contributed by atoms with van der Waals surface area (Å²) in [5.41, 5.74) is 4.01. The van der Waals surface area contributed by atoms with Crippen LogP contribution in [-0.4, -0.2) is 21.6 Å². The van der Waals surface area contributed by atoms with Crippen LogP contribution in [0.5, 0.6) is 11.5 Å². The van der Waals surface area contributed by atoms with E-state index in [1.54, 1.807) is 4.57 Å². The Morgan fingerprint density at radius 1 is 0.969 bits per heavy atom. The van der Waals surface area contributed by atoms with Crippen molar-refractivity contribution in [2.75, 3.05) is 7.05 Å². The van der Waals surface area contributed by atoms with Crippen molar-refractivity contribution < 1.29 is 4.74 Å². The number of benzene rings is 3. The molecular weight excluding hydrogens is 424 g/mol. The molecule has 0 aliphatic carbocycles. The summed E-state index contributed by atoms with van der Waals surface area (Å²) >= 11 is 6.33. The van der Waals surface area contributed by atoms with Crippen LogP contribution in [0.3, 0.4) is 0 Å². The van der Waals surface area contributed by atoms with Gasteiger partial charge in [-0.05, 0) is 48.5 Å². The molecule has 0 radical (unpaired) electrons. The van der Waals surface area contributed by atoms with Crippen LogP contribution in [0.1, 0.15) is 11.1 Å². The highest BCUT2D eigenvalue weighted by molar-refractivity contribution is 6.35. The Kier molecular flexibility index (Phi) is 5.39. The number of aromatic nitrogens is 3. The SMILES string of the molecule is CNCc1ccc(Oc2ccc(Cn3c(=O)[nH]c4c(Cl)nc5ccccc5c43)cc2)cc1. The predicted octanol–water partition coefficient (Wildman–Crippen LogP) is 5.09. The molecule has 2 N–H and O–H groups in total. The minimum Gasteiger partial charge on any atom is -0.457 e. The number of imidazole rings is 1. The van der Waals surface area contributed by atoms with E-state index in [1.165, 1.54) is 5.56 Å². The van der Waals surface area contributed by atoms with Crippen LogP contribution in [0.15, 0.2) is 77.6 Å². The number of nitrogens with one attached hydrogen (secondary N) is 2. The number of hydrogen-bond donors (Lipinski definition) is 2. The van der Waals surface area contributed by atoms with Gasteiger partial charge in [-0.15, -0.1) is 0 Å². The summed E-state index contributed by atoms with van der Waals surface area (Å²) in [7, 11) is 1.92. The molecule has 0 fully saturated rings.